The molecular formula is C16H17N3O3S3. The summed E-state index contributed by atoms with van der Waals surface area (Å²) in [6, 6.07) is 10.9. The van der Waals surface area contributed by atoms with Gasteiger partial charge in [0.15, 0.2) is 0 Å². The zero-order valence-corrected chi connectivity index (χ0v) is 16.0. The van der Waals surface area contributed by atoms with Crippen LogP contribution in [0.3, 0.4) is 0 Å². The smallest absolute Gasteiger partial charge is 0.250 e. The minimum atomic E-state index is -3.49. The van der Waals surface area contributed by atoms with E-state index in [2.05, 4.69) is 14.9 Å². The fourth-order valence-corrected chi connectivity index (χ4v) is 5.09. The van der Waals surface area contributed by atoms with Crippen LogP contribution in [-0.4, -0.2) is 31.8 Å². The van der Waals surface area contributed by atoms with Crippen molar-refractivity contribution in [3.05, 3.63) is 46.7 Å². The van der Waals surface area contributed by atoms with Gasteiger partial charge in [0.2, 0.25) is 15.9 Å². The molecule has 0 saturated heterocycles. The Morgan fingerprint density at radius 2 is 2.04 bits per heavy atom. The van der Waals surface area contributed by atoms with Crippen LogP contribution in [0.15, 0.2) is 46.0 Å². The first-order valence-electron chi connectivity index (χ1n) is 7.67. The average Bonchev–Trinajstić information content (AvgIpc) is 3.31. The molecule has 25 heavy (non-hydrogen) atoms. The number of nitrogens with one attached hydrogen (secondary N) is 1. The summed E-state index contributed by atoms with van der Waals surface area (Å²) in [6.07, 6.45) is 0.823. The molecule has 3 aromatic rings. The molecule has 0 aromatic carbocycles. The van der Waals surface area contributed by atoms with Crippen molar-refractivity contribution in [2.75, 3.05) is 13.2 Å². The number of hydrogen-bond acceptors (Lipinski definition) is 7. The van der Waals surface area contributed by atoms with Crippen LogP contribution in [0.4, 0.5) is 0 Å². The predicted octanol–water partition coefficient (Wildman–Crippen LogP) is 3.19. The first-order valence-corrected chi connectivity index (χ1v) is 10.8. The average molecular weight is 396 g/mol. The molecule has 0 spiro atoms. The van der Waals surface area contributed by atoms with Crippen molar-refractivity contribution >= 4 is 32.7 Å². The van der Waals surface area contributed by atoms with Gasteiger partial charge in [-0.15, -0.1) is 32.9 Å². The summed E-state index contributed by atoms with van der Waals surface area (Å²) in [6.45, 7) is 2.34. The Balaban J connectivity index is 1.49. The Hall–Kier alpha value is -1.81. The van der Waals surface area contributed by atoms with Crippen molar-refractivity contribution in [2.45, 2.75) is 17.6 Å². The second-order valence-corrected chi connectivity index (χ2v) is 9.16. The second kappa shape index (κ2) is 8.05. The standard InChI is InChI=1S/C16H17N3O3S3/c1-2-12-5-8-16(24-12)25(20,21)17-9-10-22-15-7-6-13(18-19-15)14-4-3-11-23-14/h3-8,11,17H,2,9-10H2,1H3. The third-order valence-corrected chi connectivity index (χ3v) is 7.38. The zero-order valence-electron chi connectivity index (χ0n) is 13.5. The molecule has 132 valence electrons. The molecule has 0 fully saturated rings. The molecule has 3 rings (SSSR count). The highest BCUT2D eigenvalue weighted by Gasteiger charge is 2.15. The molecule has 9 heteroatoms. The van der Waals surface area contributed by atoms with Crippen molar-refractivity contribution in [1.82, 2.24) is 14.9 Å². The molecule has 1 N–H and O–H groups in total. The van der Waals surface area contributed by atoms with E-state index >= 15 is 0 Å². The summed E-state index contributed by atoms with van der Waals surface area (Å²) < 4.78 is 32.6. The number of aromatic nitrogens is 2. The summed E-state index contributed by atoms with van der Waals surface area (Å²) in [5, 5.41) is 10.1. The minimum absolute atomic E-state index is 0.163. The van der Waals surface area contributed by atoms with E-state index in [-0.39, 0.29) is 13.2 Å². The van der Waals surface area contributed by atoms with Gasteiger partial charge >= 0.3 is 0 Å². The molecule has 0 atom stereocenters. The largest absolute Gasteiger partial charge is 0.475 e. The van der Waals surface area contributed by atoms with Crippen LogP contribution in [0.1, 0.15) is 11.8 Å². The quantitative estimate of drug-likeness (QED) is 0.593. The second-order valence-electron chi connectivity index (χ2n) is 5.05. The van der Waals surface area contributed by atoms with Gasteiger partial charge < -0.3 is 4.74 Å². The van der Waals surface area contributed by atoms with Gasteiger partial charge in [-0.25, -0.2) is 13.1 Å². The van der Waals surface area contributed by atoms with Gasteiger partial charge in [0.1, 0.15) is 16.5 Å². The number of sulfonamides is 1. The number of aryl methyl sites for hydroxylation is 1. The lowest BCUT2D eigenvalue weighted by Gasteiger charge is -2.06. The van der Waals surface area contributed by atoms with E-state index in [9.17, 15) is 8.42 Å². The van der Waals surface area contributed by atoms with Crippen molar-refractivity contribution < 1.29 is 13.2 Å². The van der Waals surface area contributed by atoms with E-state index in [0.717, 1.165) is 21.9 Å². The Labute approximate surface area is 154 Å². The molecule has 0 radical (unpaired) electrons. The highest BCUT2D eigenvalue weighted by atomic mass is 32.2. The van der Waals surface area contributed by atoms with E-state index < -0.39 is 10.0 Å². The summed E-state index contributed by atoms with van der Waals surface area (Å²) in [5.74, 6) is 0.365. The van der Waals surface area contributed by atoms with Crippen LogP contribution in [0.2, 0.25) is 0 Å². The number of ether oxygens (including phenoxy) is 1. The fourth-order valence-electron chi connectivity index (χ4n) is 2.05. The Morgan fingerprint density at radius 3 is 2.68 bits per heavy atom. The Morgan fingerprint density at radius 1 is 1.16 bits per heavy atom. The normalized spacial score (nSPS) is 11.6. The predicted molar refractivity (Wildman–Crippen MR) is 99.7 cm³/mol. The maximum absolute atomic E-state index is 12.2. The summed E-state index contributed by atoms with van der Waals surface area (Å²) >= 11 is 2.87. The number of nitrogens with zero attached hydrogens (tertiary/aromatic N) is 2. The van der Waals surface area contributed by atoms with Gasteiger partial charge in [0.05, 0.1) is 4.88 Å². The van der Waals surface area contributed by atoms with E-state index in [0.29, 0.717) is 10.1 Å². The maximum Gasteiger partial charge on any atom is 0.250 e. The van der Waals surface area contributed by atoms with Crippen molar-refractivity contribution in [3.63, 3.8) is 0 Å². The molecule has 0 amide bonds. The first-order chi connectivity index (χ1) is 12.1. The zero-order chi connectivity index (χ0) is 17.7. The molecule has 3 aromatic heterocycles. The molecule has 0 unspecified atom stereocenters. The van der Waals surface area contributed by atoms with E-state index in [4.69, 9.17) is 4.74 Å². The Bertz CT molecular complexity index is 904. The lowest BCUT2D eigenvalue weighted by Crippen LogP contribution is -2.27. The molecule has 0 bridgehead atoms. The highest BCUT2D eigenvalue weighted by molar-refractivity contribution is 7.91. The van der Waals surface area contributed by atoms with Crippen molar-refractivity contribution in [1.29, 1.82) is 0 Å². The molecule has 0 aliphatic carbocycles. The summed E-state index contributed by atoms with van der Waals surface area (Å²) in [5.41, 5.74) is 0.785. The van der Waals surface area contributed by atoms with Gasteiger partial charge in [0.25, 0.3) is 0 Å². The van der Waals surface area contributed by atoms with Crippen LogP contribution in [0, 0.1) is 0 Å². The maximum atomic E-state index is 12.2. The minimum Gasteiger partial charge on any atom is -0.475 e. The highest BCUT2D eigenvalue weighted by Crippen LogP contribution is 2.23. The lowest BCUT2D eigenvalue weighted by atomic mass is 10.3. The van der Waals surface area contributed by atoms with Crippen LogP contribution >= 0.6 is 22.7 Å². The van der Waals surface area contributed by atoms with Crippen molar-refractivity contribution in [3.8, 4) is 16.5 Å². The van der Waals surface area contributed by atoms with Crippen LogP contribution in [0.5, 0.6) is 5.88 Å². The molecular weight excluding hydrogens is 378 g/mol. The van der Waals surface area contributed by atoms with Crippen molar-refractivity contribution in [2.24, 2.45) is 0 Å². The SMILES string of the molecule is CCc1ccc(S(=O)(=O)NCCOc2ccc(-c3cccs3)nn2)s1. The number of rotatable bonds is 8. The Kier molecular flexibility index (Phi) is 5.79. The summed E-state index contributed by atoms with van der Waals surface area (Å²) in [7, 11) is -3.49. The topological polar surface area (TPSA) is 81.2 Å². The van der Waals surface area contributed by atoms with Crippen LogP contribution in [0.25, 0.3) is 10.6 Å². The molecule has 0 aliphatic heterocycles. The summed E-state index contributed by atoms with van der Waals surface area (Å²) in [4.78, 5) is 2.08. The fraction of sp³-hybridized carbons (Fsp3) is 0.250. The van der Waals surface area contributed by atoms with Gasteiger partial charge in [-0.05, 0) is 36.1 Å². The number of hydrogen-bond donors (Lipinski definition) is 1. The molecule has 6 nitrogen and oxygen atoms in total. The van der Waals surface area contributed by atoms with E-state index in [1.165, 1.54) is 11.3 Å². The third-order valence-electron chi connectivity index (χ3n) is 3.31. The monoisotopic (exact) mass is 395 g/mol. The van der Waals surface area contributed by atoms with E-state index in [1.54, 1.807) is 23.5 Å². The first kappa shape index (κ1) is 18.0. The van der Waals surface area contributed by atoms with Gasteiger partial charge in [0, 0.05) is 17.5 Å². The van der Waals surface area contributed by atoms with Gasteiger partial charge in [-0.3, -0.25) is 0 Å². The van der Waals surface area contributed by atoms with Crippen LogP contribution in [-0.2, 0) is 16.4 Å². The van der Waals surface area contributed by atoms with Crippen LogP contribution < -0.4 is 9.46 Å². The molecule has 0 aliphatic rings. The number of thiophene rings is 2. The van der Waals surface area contributed by atoms with Gasteiger partial charge in [-0.2, -0.15) is 0 Å². The molecule has 3 heterocycles. The van der Waals surface area contributed by atoms with Gasteiger partial charge in [-0.1, -0.05) is 13.0 Å². The van der Waals surface area contributed by atoms with E-state index in [1.807, 2.05) is 36.6 Å². The molecule has 0 saturated carbocycles. The lowest BCUT2D eigenvalue weighted by molar-refractivity contribution is 0.307. The third kappa shape index (κ3) is 4.63.